The third-order valence-corrected chi connectivity index (χ3v) is 0.902. The third kappa shape index (κ3) is 7.65. The van der Waals surface area contributed by atoms with Gasteiger partial charge in [0.25, 0.3) is 0 Å². The lowest BCUT2D eigenvalue weighted by Gasteiger charge is -2.20. The molecule has 1 amide bonds. The number of hydrogen-bond acceptors (Lipinski definition) is 2. The van der Waals surface area contributed by atoms with E-state index >= 15 is 0 Å². The summed E-state index contributed by atoms with van der Waals surface area (Å²) in [5.74, 6) is 0. The summed E-state index contributed by atoms with van der Waals surface area (Å²) in [6.45, 7) is 8.93. The van der Waals surface area contributed by atoms with Crippen LogP contribution in [0.15, 0.2) is 0 Å². The van der Waals surface area contributed by atoms with E-state index < -0.39 is 11.7 Å². The third-order valence-electron chi connectivity index (χ3n) is 0.673. The van der Waals surface area contributed by atoms with E-state index in [1.165, 1.54) is 0 Å². The fourth-order valence-corrected chi connectivity index (χ4v) is 0.622. The zero-order valence-corrected chi connectivity index (χ0v) is 8.56. The highest BCUT2D eigenvalue weighted by molar-refractivity contribution is 9.09. The summed E-state index contributed by atoms with van der Waals surface area (Å²) in [6, 6.07) is 0. The van der Waals surface area contributed by atoms with Crippen molar-refractivity contribution >= 4 is 22.0 Å². The summed E-state index contributed by atoms with van der Waals surface area (Å²) in [4.78, 5) is 10.6. The maximum Gasteiger partial charge on any atom is 0.408 e. The Labute approximate surface area is 75.6 Å². The predicted molar refractivity (Wildman–Crippen MR) is 47.4 cm³/mol. The van der Waals surface area contributed by atoms with Crippen LogP contribution in [0.3, 0.4) is 0 Å². The first-order valence-corrected chi connectivity index (χ1v) is 4.19. The quantitative estimate of drug-likeness (QED) is 0.545. The summed E-state index contributed by atoms with van der Waals surface area (Å²) in [7, 11) is 0. The molecule has 3 nitrogen and oxygen atoms in total. The van der Waals surface area contributed by atoms with Crippen LogP contribution in [0.1, 0.15) is 20.8 Å². The van der Waals surface area contributed by atoms with Gasteiger partial charge in [0.2, 0.25) is 0 Å². The van der Waals surface area contributed by atoms with E-state index in [9.17, 15) is 4.79 Å². The van der Waals surface area contributed by atoms with Crippen molar-refractivity contribution in [3.05, 3.63) is 6.92 Å². The first-order valence-electron chi connectivity index (χ1n) is 3.28. The number of amides is 1. The molecule has 11 heavy (non-hydrogen) atoms. The van der Waals surface area contributed by atoms with Crippen LogP contribution in [0.2, 0.25) is 0 Å². The number of carbonyl (C=O) groups excluding carboxylic acids is 1. The number of alkyl halides is 1. The van der Waals surface area contributed by atoms with E-state index in [-0.39, 0.29) is 4.95 Å². The van der Waals surface area contributed by atoms with Gasteiger partial charge in [-0.2, -0.15) is 0 Å². The van der Waals surface area contributed by atoms with E-state index in [2.05, 4.69) is 28.2 Å². The van der Waals surface area contributed by atoms with Gasteiger partial charge >= 0.3 is 6.09 Å². The second-order valence-electron chi connectivity index (χ2n) is 3.11. The van der Waals surface area contributed by atoms with Gasteiger partial charge in [-0.05, 0) is 27.7 Å². The smallest absolute Gasteiger partial charge is 0.408 e. The minimum atomic E-state index is -0.464. The van der Waals surface area contributed by atoms with Crippen LogP contribution >= 0.6 is 15.9 Å². The number of alkyl carbamates (subject to hydrolysis) is 1. The topological polar surface area (TPSA) is 38.3 Å². The van der Waals surface area contributed by atoms with Gasteiger partial charge in [-0.1, -0.05) is 15.9 Å². The molecule has 0 aliphatic rings. The molecule has 0 saturated carbocycles. The van der Waals surface area contributed by atoms with Crippen molar-refractivity contribution in [1.82, 2.24) is 5.32 Å². The summed E-state index contributed by atoms with van der Waals surface area (Å²) in [5.41, 5.74) is -0.452. The normalized spacial score (nSPS) is 13.9. The van der Waals surface area contributed by atoms with Gasteiger partial charge in [-0.3, -0.25) is 0 Å². The fraction of sp³-hybridized carbons (Fsp3) is 0.714. The highest BCUT2D eigenvalue weighted by atomic mass is 79.9. The molecule has 1 radical (unpaired) electrons. The van der Waals surface area contributed by atoms with Gasteiger partial charge in [-0.25, -0.2) is 4.79 Å². The number of halogens is 1. The molecule has 0 aliphatic heterocycles. The maximum absolute atomic E-state index is 10.9. The average Bonchev–Trinajstić information content (AvgIpc) is 1.53. The van der Waals surface area contributed by atoms with Crippen molar-refractivity contribution < 1.29 is 9.53 Å². The second kappa shape index (κ2) is 3.95. The maximum atomic E-state index is 10.9. The number of rotatable bonds is 1. The van der Waals surface area contributed by atoms with Crippen LogP contribution < -0.4 is 5.32 Å². The van der Waals surface area contributed by atoms with E-state index in [0.29, 0.717) is 0 Å². The van der Waals surface area contributed by atoms with Gasteiger partial charge in [0, 0.05) is 0 Å². The van der Waals surface area contributed by atoms with Crippen LogP contribution in [0, 0.1) is 6.92 Å². The molecule has 4 heteroatoms. The Morgan fingerprint density at radius 1 is 1.64 bits per heavy atom. The fourth-order valence-electron chi connectivity index (χ4n) is 0.435. The highest BCUT2D eigenvalue weighted by Gasteiger charge is 2.16. The zero-order chi connectivity index (χ0) is 9.07. The van der Waals surface area contributed by atoms with Crippen molar-refractivity contribution in [2.75, 3.05) is 0 Å². The minimum Gasteiger partial charge on any atom is -0.444 e. The summed E-state index contributed by atoms with van der Waals surface area (Å²) in [6.07, 6.45) is -0.464. The van der Waals surface area contributed by atoms with Crippen molar-refractivity contribution in [3.8, 4) is 0 Å². The molecule has 0 aromatic heterocycles. The summed E-state index contributed by atoms with van der Waals surface area (Å²) in [5, 5.41) is 2.44. The molecule has 0 aliphatic carbocycles. The van der Waals surface area contributed by atoms with Gasteiger partial charge in [0.05, 0.1) is 4.95 Å². The van der Waals surface area contributed by atoms with Crippen LogP contribution in [0.5, 0.6) is 0 Å². The molecule has 0 heterocycles. The first-order chi connectivity index (χ1) is 4.81. The van der Waals surface area contributed by atoms with Gasteiger partial charge in [0.15, 0.2) is 0 Å². The summed E-state index contributed by atoms with van der Waals surface area (Å²) >= 11 is 3.06. The lowest BCUT2D eigenvalue weighted by atomic mass is 10.2. The molecule has 0 saturated heterocycles. The van der Waals surface area contributed by atoms with Crippen LogP contribution in [-0.2, 0) is 4.74 Å². The molecule has 0 fully saturated rings. The monoisotopic (exact) mass is 222 g/mol. The Morgan fingerprint density at radius 3 is 2.36 bits per heavy atom. The Balaban J connectivity index is 3.71. The largest absolute Gasteiger partial charge is 0.444 e. The Hall–Kier alpha value is -0.250. The number of ether oxygens (including phenoxy) is 1. The first kappa shape index (κ1) is 10.8. The molecule has 0 aromatic rings. The van der Waals surface area contributed by atoms with Crippen LogP contribution in [0.25, 0.3) is 0 Å². The lowest BCUT2D eigenvalue weighted by Crippen LogP contribution is -2.35. The van der Waals surface area contributed by atoms with Crippen molar-refractivity contribution in [2.24, 2.45) is 0 Å². The standard InChI is InChI=1S/C7H13BrNO2/c1-5(8)9-6(10)11-7(2,3)4/h5H,1H2,2-4H3,(H,9,10). The van der Waals surface area contributed by atoms with Crippen molar-refractivity contribution in [2.45, 2.75) is 31.3 Å². The van der Waals surface area contributed by atoms with Gasteiger partial charge < -0.3 is 10.1 Å². The Morgan fingerprint density at radius 2 is 2.09 bits per heavy atom. The molecule has 0 spiro atoms. The molecular formula is C7H13BrNO2. The van der Waals surface area contributed by atoms with E-state index in [0.717, 1.165) is 0 Å². The van der Waals surface area contributed by atoms with E-state index in [4.69, 9.17) is 4.74 Å². The Bertz CT molecular complexity index is 140. The van der Waals surface area contributed by atoms with Crippen molar-refractivity contribution in [3.63, 3.8) is 0 Å². The summed E-state index contributed by atoms with van der Waals surface area (Å²) < 4.78 is 4.93. The SMILES string of the molecule is [CH2]C(Br)NC(=O)OC(C)(C)C. The Kier molecular flexibility index (Phi) is 3.86. The molecule has 65 valence electrons. The molecule has 0 rings (SSSR count). The molecular weight excluding hydrogens is 210 g/mol. The molecule has 0 aromatic carbocycles. The van der Waals surface area contributed by atoms with Crippen LogP contribution in [0.4, 0.5) is 4.79 Å². The van der Waals surface area contributed by atoms with E-state index in [1.807, 2.05) is 0 Å². The number of carbonyl (C=O) groups is 1. The lowest BCUT2D eigenvalue weighted by molar-refractivity contribution is 0.0529. The molecule has 1 atom stereocenters. The average molecular weight is 223 g/mol. The molecule has 1 N–H and O–H groups in total. The second-order valence-corrected chi connectivity index (χ2v) is 4.22. The minimum absolute atomic E-state index is 0.308. The molecule has 1 unspecified atom stereocenters. The number of nitrogens with one attached hydrogen (secondary N) is 1. The predicted octanol–water partition coefficient (Wildman–Crippen LogP) is 2.07. The van der Waals surface area contributed by atoms with E-state index in [1.54, 1.807) is 20.8 Å². The van der Waals surface area contributed by atoms with Crippen LogP contribution in [-0.4, -0.2) is 16.6 Å². The van der Waals surface area contributed by atoms with Gasteiger partial charge in [0.1, 0.15) is 5.60 Å². The van der Waals surface area contributed by atoms with Gasteiger partial charge in [-0.15, -0.1) is 0 Å². The highest BCUT2D eigenvalue weighted by Crippen LogP contribution is 2.07. The zero-order valence-electron chi connectivity index (χ0n) is 6.98. The molecule has 0 bridgehead atoms. The number of hydrogen-bond donors (Lipinski definition) is 1. The van der Waals surface area contributed by atoms with Crippen molar-refractivity contribution in [1.29, 1.82) is 0 Å².